The summed E-state index contributed by atoms with van der Waals surface area (Å²) in [5.41, 5.74) is 2.25. The molecule has 0 unspecified atom stereocenters. The SMILES string of the molecule is Cc1nc(-c2cc3c(n4cnnc24)N(C(=O)O)Cc2c(F)ccc4c2[C@@H](CO4)CO3)ccc1F. The Morgan fingerprint density at radius 3 is 2.65 bits per heavy atom. The first-order valence-electron chi connectivity index (χ1n) is 10.5. The fourth-order valence-corrected chi connectivity index (χ4v) is 4.54. The molecular weight excluding hydrogens is 448 g/mol. The second-order valence-electron chi connectivity index (χ2n) is 8.16. The summed E-state index contributed by atoms with van der Waals surface area (Å²) in [6, 6.07) is 7.23. The van der Waals surface area contributed by atoms with Gasteiger partial charge in [0.05, 0.1) is 37.1 Å². The quantitative estimate of drug-likeness (QED) is 0.454. The topological polar surface area (TPSA) is 102 Å². The Balaban J connectivity index is 1.60. The minimum Gasteiger partial charge on any atom is -0.493 e. The molecule has 0 saturated carbocycles. The predicted octanol–water partition coefficient (Wildman–Crippen LogP) is 3.93. The van der Waals surface area contributed by atoms with E-state index in [1.807, 2.05) is 0 Å². The Morgan fingerprint density at radius 2 is 1.88 bits per heavy atom. The summed E-state index contributed by atoms with van der Waals surface area (Å²) in [6.45, 7) is 1.70. The maximum absolute atomic E-state index is 14.9. The van der Waals surface area contributed by atoms with Gasteiger partial charge in [0.15, 0.2) is 17.2 Å². The van der Waals surface area contributed by atoms with Gasteiger partial charge in [-0.15, -0.1) is 10.2 Å². The summed E-state index contributed by atoms with van der Waals surface area (Å²) >= 11 is 0. The molecule has 6 rings (SSSR count). The summed E-state index contributed by atoms with van der Waals surface area (Å²) in [5.74, 6) is -0.389. The number of carbonyl (C=O) groups is 1. The van der Waals surface area contributed by atoms with Crippen LogP contribution < -0.4 is 14.4 Å². The number of halogens is 2. The van der Waals surface area contributed by atoms with Crippen molar-refractivity contribution in [2.75, 3.05) is 18.1 Å². The molecule has 5 heterocycles. The Bertz CT molecular complexity index is 1490. The smallest absolute Gasteiger partial charge is 0.413 e. The number of aryl methyl sites for hydroxylation is 1. The van der Waals surface area contributed by atoms with Crippen LogP contribution in [0.25, 0.3) is 16.9 Å². The van der Waals surface area contributed by atoms with Crippen molar-refractivity contribution >= 4 is 17.6 Å². The molecule has 0 bridgehead atoms. The van der Waals surface area contributed by atoms with E-state index in [1.165, 1.54) is 28.9 Å². The van der Waals surface area contributed by atoms with E-state index in [9.17, 15) is 18.7 Å². The van der Waals surface area contributed by atoms with E-state index in [-0.39, 0.29) is 48.5 Å². The lowest BCUT2D eigenvalue weighted by atomic mass is 9.95. The van der Waals surface area contributed by atoms with Crippen LogP contribution in [0, 0.1) is 18.6 Å². The maximum atomic E-state index is 14.9. The number of hydrogen-bond acceptors (Lipinski definition) is 6. The number of aromatic nitrogens is 4. The number of ether oxygens (including phenoxy) is 2. The summed E-state index contributed by atoms with van der Waals surface area (Å²) in [6.07, 6.45) is 0.0449. The normalized spacial score (nSPS) is 16.7. The van der Waals surface area contributed by atoms with Crippen molar-refractivity contribution in [2.45, 2.75) is 19.4 Å². The number of hydrogen-bond donors (Lipinski definition) is 1. The monoisotopic (exact) mass is 465 g/mol. The molecule has 0 saturated heterocycles. The van der Waals surface area contributed by atoms with Crippen LogP contribution in [-0.2, 0) is 6.54 Å². The first-order valence-corrected chi connectivity index (χ1v) is 10.5. The first kappa shape index (κ1) is 20.3. The van der Waals surface area contributed by atoms with Gasteiger partial charge in [-0.3, -0.25) is 9.30 Å². The molecule has 3 aromatic heterocycles. The molecular formula is C23H17F2N5O4. The van der Waals surface area contributed by atoms with Gasteiger partial charge in [0.25, 0.3) is 0 Å². The second-order valence-corrected chi connectivity index (χ2v) is 8.16. The molecule has 2 aliphatic heterocycles. The van der Waals surface area contributed by atoms with Crippen LogP contribution in [0.15, 0.2) is 36.7 Å². The summed E-state index contributed by atoms with van der Waals surface area (Å²) in [7, 11) is 0. The Labute approximate surface area is 191 Å². The van der Waals surface area contributed by atoms with Crippen molar-refractivity contribution in [3.8, 4) is 22.8 Å². The predicted molar refractivity (Wildman–Crippen MR) is 115 cm³/mol. The van der Waals surface area contributed by atoms with E-state index in [0.29, 0.717) is 28.2 Å². The molecule has 172 valence electrons. The minimum atomic E-state index is -1.31. The zero-order valence-electron chi connectivity index (χ0n) is 17.8. The molecule has 2 aliphatic rings. The van der Waals surface area contributed by atoms with E-state index in [1.54, 1.807) is 19.1 Å². The van der Waals surface area contributed by atoms with Gasteiger partial charge < -0.3 is 14.6 Å². The molecule has 1 N–H and O–H groups in total. The lowest BCUT2D eigenvalue weighted by Crippen LogP contribution is -2.31. The van der Waals surface area contributed by atoms with Crippen molar-refractivity contribution in [1.29, 1.82) is 0 Å². The third-order valence-corrected chi connectivity index (χ3v) is 6.16. The molecule has 34 heavy (non-hydrogen) atoms. The standard InChI is InChI=1S/C23H17F2N5O4/c1-11-15(24)2-4-17(27-11)13-6-19-22(30-10-26-28-21(13)30)29(23(31)32)7-14-16(25)3-5-18-20(14)12(8-33-18)9-34-19/h2-6,10,12H,7-9H2,1H3,(H,31,32)/t12-/m0/s1. The number of carboxylic acid groups (broad SMARTS) is 1. The summed E-state index contributed by atoms with van der Waals surface area (Å²) in [5, 5.41) is 18.2. The van der Waals surface area contributed by atoms with E-state index < -0.39 is 17.7 Å². The van der Waals surface area contributed by atoms with Crippen molar-refractivity contribution in [2.24, 2.45) is 0 Å². The van der Waals surface area contributed by atoms with Crippen LogP contribution >= 0.6 is 0 Å². The van der Waals surface area contributed by atoms with Gasteiger partial charge >= 0.3 is 6.09 Å². The number of fused-ring (bicyclic) bond motifs is 3. The third-order valence-electron chi connectivity index (χ3n) is 6.16. The molecule has 0 aliphatic carbocycles. The summed E-state index contributed by atoms with van der Waals surface area (Å²) in [4.78, 5) is 17.7. The Hall–Kier alpha value is -4.28. The van der Waals surface area contributed by atoms with E-state index in [4.69, 9.17) is 9.47 Å². The molecule has 0 spiro atoms. The van der Waals surface area contributed by atoms with Gasteiger partial charge in [-0.2, -0.15) is 0 Å². The van der Waals surface area contributed by atoms with Gasteiger partial charge in [0.1, 0.15) is 23.7 Å². The highest BCUT2D eigenvalue weighted by molar-refractivity contribution is 5.90. The van der Waals surface area contributed by atoms with Crippen LogP contribution in [0.5, 0.6) is 11.5 Å². The highest BCUT2D eigenvalue weighted by atomic mass is 19.1. The molecule has 1 atom stereocenters. The zero-order valence-corrected chi connectivity index (χ0v) is 17.8. The fraction of sp³-hybridized carbons (Fsp3) is 0.217. The van der Waals surface area contributed by atoms with E-state index in [0.717, 1.165) is 4.90 Å². The van der Waals surface area contributed by atoms with Gasteiger partial charge in [-0.1, -0.05) is 0 Å². The molecule has 0 fully saturated rings. The van der Waals surface area contributed by atoms with Gasteiger partial charge in [-0.05, 0) is 37.3 Å². The molecule has 0 radical (unpaired) electrons. The zero-order chi connectivity index (χ0) is 23.6. The van der Waals surface area contributed by atoms with E-state index >= 15 is 0 Å². The third kappa shape index (κ3) is 2.96. The lowest BCUT2D eigenvalue weighted by Gasteiger charge is -2.23. The largest absolute Gasteiger partial charge is 0.493 e. The number of benzene rings is 1. The molecule has 4 aromatic rings. The highest BCUT2D eigenvalue weighted by Crippen LogP contribution is 2.43. The fourth-order valence-electron chi connectivity index (χ4n) is 4.54. The highest BCUT2D eigenvalue weighted by Gasteiger charge is 2.35. The second kappa shape index (κ2) is 7.37. The Morgan fingerprint density at radius 1 is 1.12 bits per heavy atom. The minimum absolute atomic E-state index is 0.132. The number of rotatable bonds is 1. The lowest BCUT2D eigenvalue weighted by molar-refractivity contribution is 0.200. The van der Waals surface area contributed by atoms with E-state index in [2.05, 4.69) is 15.2 Å². The van der Waals surface area contributed by atoms with Crippen LogP contribution in [0.3, 0.4) is 0 Å². The number of anilines is 1. The molecule has 11 heteroatoms. The average Bonchev–Trinajstić information content (AvgIpc) is 3.46. The van der Waals surface area contributed by atoms with Crippen LogP contribution in [-0.4, -0.2) is 44.0 Å². The molecule has 9 nitrogen and oxygen atoms in total. The van der Waals surface area contributed by atoms with Gasteiger partial charge in [0, 0.05) is 16.7 Å². The van der Waals surface area contributed by atoms with Crippen molar-refractivity contribution in [3.05, 3.63) is 65.1 Å². The van der Waals surface area contributed by atoms with Crippen LogP contribution in [0.1, 0.15) is 22.7 Å². The summed E-state index contributed by atoms with van der Waals surface area (Å²) < 4.78 is 42.1. The van der Waals surface area contributed by atoms with Gasteiger partial charge in [-0.25, -0.2) is 18.6 Å². The molecule has 1 aromatic carbocycles. The van der Waals surface area contributed by atoms with Crippen molar-refractivity contribution in [1.82, 2.24) is 19.6 Å². The van der Waals surface area contributed by atoms with Crippen molar-refractivity contribution < 1.29 is 28.2 Å². The number of amides is 1. The van der Waals surface area contributed by atoms with Gasteiger partial charge in [0.2, 0.25) is 0 Å². The van der Waals surface area contributed by atoms with Crippen molar-refractivity contribution in [3.63, 3.8) is 0 Å². The average molecular weight is 465 g/mol. The first-order chi connectivity index (χ1) is 16.4. The van der Waals surface area contributed by atoms with Crippen LogP contribution in [0.2, 0.25) is 0 Å². The number of pyridine rings is 2. The van der Waals surface area contributed by atoms with Crippen LogP contribution in [0.4, 0.5) is 19.4 Å². The Kier molecular flexibility index (Phi) is 4.41. The molecule has 1 amide bonds. The number of nitrogens with zero attached hydrogens (tertiary/aromatic N) is 5. The maximum Gasteiger partial charge on any atom is 0.413 e.